The van der Waals surface area contributed by atoms with Gasteiger partial charge in [0, 0.05) is 29.0 Å². The molecule has 6 rings (SSSR count). The summed E-state index contributed by atoms with van der Waals surface area (Å²) in [6.07, 6.45) is 5.62. The Morgan fingerprint density at radius 1 is 0.952 bits per heavy atom. The molecule has 1 atom stereocenters. The topological polar surface area (TPSA) is 167 Å². The molecule has 0 bridgehead atoms. The van der Waals surface area contributed by atoms with Gasteiger partial charge in [-0.3, -0.25) is 14.7 Å². The third-order valence-electron chi connectivity index (χ3n) is 8.13. The number of anilines is 1. The lowest BCUT2D eigenvalue weighted by Gasteiger charge is -2.28. The summed E-state index contributed by atoms with van der Waals surface area (Å²) in [5.41, 5.74) is 11.3. The maximum Gasteiger partial charge on any atom is 0.247 e. The normalized spacial score (nSPS) is 17.5. The number of carbonyl (C=O) groups excluding carboxylic acids is 2. The number of carbonyl (C=O) groups is 2. The number of fused-ring (bicyclic) bond motifs is 1. The number of benzene rings is 3. The molecule has 1 fully saturated rings. The van der Waals surface area contributed by atoms with E-state index in [1.807, 2.05) is 54.7 Å². The highest BCUT2D eigenvalue weighted by atomic mass is 16.2. The van der Waals surface area contributed by atoms with Crippen LogP contribution in [-0.4, -0.2) is 55.2 Å². The van der Waals surface area contributed by atoms with E-state index in [4.69, 9.17) is 5.73 Å². The summed E-state index contributed by atoms with van der Waals surface area (Å²) in [6.45, 7) is 0.649. The van der Waals surface area contributed by atoms with Crippen molar-refractivity contribution >= 4 is 28.4 Å². The smallest absolute Gasteiger partial charge is 0.247 e. The van der Waals surface area contributed by atoms with Crippen molar-refractivity contribution in [1.82, 2.24) is 36.1 Å². The van der Waals surface area contributed by atoms with E-state index in [2.05, 4.69) is 47.5 Å². The largest absolute Gasteiger partial charge is 0.344 e. The van der Waals surface area contributed by atoms with Crippen molar-refractivity contribution in [2.24, 2.45) is 17.6 Å². The first-order valence-electron chi connectivity index (χ1n) is 14.2. The van der Waals surface area contributed by atoms with Crippen LogP contribution in [0.1, 0.15) is 31.2 Å². The van der Waals surface area contributed by atoms with E-state index in [1.54, 1.807) is 12.1 Å². The number of hydrogen-bond acceptors (Lipinski definition) is 7. The van der Waals surface area contributed by atoms with Crippen LogP contribution in [0.4, 0.5) is 5.69 Å². The monoisotopic (exact) mass is 563 g/mol. The zero-order chi connectivity index (χ0) is 28.9. The van der Waals surface area contributed by atoms with Gasteiger partial charge in [-0.1, -0.05) is 36.4 Å². The molecule has 0 saturated heterocycles. The Hall–Kier alpha value is -4.90. The van der Waals surface area contributed by atoms with Gasteiger partial charge in [0.1, 0.15) is 6.04 Å². The molecule has 0 spiro atoms. The summed E-state index contributed by atoms with van der Waals surface area (Å²) in [6, 6.07) is 20.6. The first kappa shape index (κ1) is 27.3. The second kappa shape index (κ2) is 12.3. The summed E-state index contributed by atoms with van der Waals surface area (Å²) in [4.78, 5) is 26.9. The van der Waals surface area contributed by atoms with E-state index in [9.17, 15) is 9.59 Å². The molecule has 42 heavy (non-hydrogen) atoms. The summed E-state index contributed by atoms with van der Waals surface area (Å²) in [5, 5.41) is 28.2. The van der Waals surface area contributed by atoms with E-state index in [0.717, 1.165) is 58.8 Å². The Labute approximate surface area is 242 Å². The standard InChI is InChI=1S/C31H33N9O2/c32-17-20-6-10-23(11-7-20)30(41)35-28(31(42)34-24-14-12-22(13-15-24)29-37-39-40-38-29)16-19-4-8-21(9-5-19)25-2-1-3-27-26(25)18-33-36-27/h1-5,8-9,12-15,18,20,23,28H,6-7,10-11,16-17,32H2,(H,33,36)(H,34,42)(H,35,41)(H,37,38,39,40)/t20-,23-,28-/m0/s1. The van der Waals surface area contributed by atoms with Gasteiger partial charge in [0.25, 0.3) is 0 Å². The molecule has 1 saturated carbocycles. The Kier molecular flexibility index (Phi) is 8.00. The maximum atomic E-state index is 13.6. The number of nitrogens with zero attached hydrogens (tertiary/aromatic N) is 4. The van der Waals surface area contributed by atoms with Crippen LogP contribution in [0.15, 0.2) is 72.9 Å². The highest BCUT2D eigenvalue weighted by molar-refractivity contribution is 5.98. The van der Waals surface area contributed by atoms with Gasteiger partial charge in [-0.05, 0) is 90.4 Å². The molecule has 11 heteroatoms. The lowest BCUT2D eigenvalue weighted by atomic mass is 9.81. The molecule has 3 aromatic carbocycles. The van der Waals surface area contributed by atoms with Gasteiger partial charge in [-0.25, -0.2) is 0 Å². The first-order valence-corrected chi connectivity index (χ1v) is 14.2. The summed E-state index contributed by atoms with van der Waals surface area (Å²) >= 11 is 0. The number of amides is 2. The number of nitrogens with two attached hydrogens (primary N) is 1. The molecule has 5 aromatic rings. The van der Waals surface area contributed by atoms with Crippen molar-refractivity contribution in [3.8, 4) is 22.5 Å². The van der Waals surface area contributed by atoms with Crippen LogP contribution in [-0.2, 0) is 16.0 Å². The van der Waals surface area contributed by atoms with Crippen LogP contribution < -0.4 is 16.4 Å². The van der Waals surface area contributed by atoms with Crippen LogP contribution >= 0.6 is 0 Å². The highest BCUT2D eigenvalue weighted by Crippen LogP contribution is 2.29. The Balaban J connectivity index is 1.18. The molecule has 2 heterocycles. The fourth-order valence-electron chi connectivity index (χ4n) is 5.65. The van der Waals surface area contributed by atoms with Crippen LogP contribution in [0.5, 0.6) is 0 Å². The van der Waals surface area contributed by atoms with Crippen molar-refractivity contribution in [1.29, 1.82) is 0 Å². The summed E-state index contributed by atoms with van der Waals surface area (Å²) in [7, 11) is 0. The van der Waals surface area contributed by atoms with E-state index in [-0.39, 0.29) is 17.7 Å². The van der Waals surface area contributed by atoms with Crippen molar-refractivity contribution in [2.45, 2.75) is 38.1 Å². The lowest BCUT2D eigenvalue weighted by Crippen LogP contribution is -2.48. The Bertz CT molecular complexity index is 1640. The van der Waals surface area contributed by atoms with Crippen molar-refractivity contribution in [3.63, 3.8) is 0 Å². The molecule has 0 aliphatic heterocycles. The number of nitrogens with one attached hydrogen (secondary N) is 4. The Morgan fingerprint density at radius 3 is 2.43 bits per heavy atom. The van der Waals surface area contributed by atoms with Gasteiger partial charge in [0.2, 0.25) is 17.6 Å². The second-order valence-corrected chi connectivity index (χ2v) is 10.9. The van der Waals surface area contributed by atoms with Gasteiger partial charge in [0.15, 0.2) is 0 Å². The van der Waals surface area contributed by atoms with Gasteiger partial charge in [-0.2, -0.15) is 10.3 Å². The molecule has 0 radical (unpaired) electrons. The van der Waals surface area contributed by atoms with Gasteiger partial charge in [0.05, 0.1) is 11.7 Å². The molecular weight excluding hydrogens is 530 g/mol. The zero-order valence-electron chi connectivity index (χ0n) is 23.1. The molecular formula is C31H33N9O2. The maximum absolute atomic E-state index is 13.6. The molecule has 11 nitrogen and oxygen atoms in total. The molecule has 214 valence electrons. The van der Waals surface area contributed by atoms with Crippen LogP contribution in [0.3, 0.4) is 0 Å². The minimum Gasteiger partial charge on any atom is -0.344 e. The minimum absolute atomic E-state index is 0.0821. The third-order valence-corrected chi connectivity index (χ3v) is 8.13. The fourth-order valence-corrected chi connectivity index (χ4v) is 5.65. The molecule has 2 aromatic heterocycles. The van der Waals surface area contributed by atoms with Crippen molar-refractivity contribution < 1.29 is 9.59 Å². The highest BCUT2D eigenvalue weighted by Gasteiger charge is 2.29. The predicted octanol–water partition coefficient (Wildman–Crippen LogP) is 3.84. The molecule has 0 unspecified atom stereocenters. The fraction of sp³-hybridized carbons (Fsp3) is 0.290. The number of H-pyrrole nitrogens is 2. The molecule has 6 N–H and O–H groups in total. The van der Waals surface area contributed by atoms with Gasteiger partial charge < -0.3 is 16.4 Å². The van der Waals surface area contributed by atoms with Crippen LogP contribution in [0, 0.1) is 11.8 Å². The lowest BCUT2D eigenvalue weighted by molar-refractivity contribution is -0.130. The molecule has 2 amide bonds. The zero-order valence-corrected chi connectivity index (χ0v) is 23.1. The minimum atomic E-state index is -0.746. The molecule has 1 aliphatic carbocycles. The van der Waals surface area contributed by atoms with E-state index >= 15 is 0 Å². The van der Waals surface area contributed by atoms with Crippen LogP contribution in [0.2, 0.25) is 0 Å². The quantitative estimate of drug-likeness (QED) is 0.182. The number of aromatic amines is 2. The van der Waals surface area contributed by atoms with Crippen molar-refractivity contribution in [2.75, 3.05) is 11.9 Å². The number of tetrazole rings is 1. The number of aromatic nitrogens is 6. The third kappa shape index (κ3) is 6.06. The Morgan fingerprint density at radius 2 is 1.71 bits per heavy atom. The molecule has 1 aliphatic rings. The number of rotatable bonds is 9. The summed E-state index contributed by atoms with van der Waals surface area (Å²) < 4.78 is 0. The number of hydrogen-bond donors (Lipinski definition) is 5. The summed E-state index contributed by atoms with van der Waals surface area (Å²) in [5.74, 6) is 0.458. The van der Waals surface area contributed by atoms with E-state index in [0.29, 0.717) is 30.4 Å². The van der Waals surface area contributed by atoms with Gasteiger partial charge >= 0.3 is 0 Å². The van der Waals surface area contributed by atoms with E-state index in [1.165, 1.54) is 0 Å². The van der Waals surface area contributed by atoms with Crippen LogP contribution in [0.25, 0.3) is 33.4 Å². The van der Waals surface area contributed by atoms with Crippen molar-refractivity contribution in [3.05, 3.63) is 78.5 Å². The predicted molar refractivity (Wildman–Crippen MR) is 160 cm³/mol. The average Bonchev–Trinajstić information content (AvgIpc) is 3.74. The van der Waals surface area contributed by atoms with Gasteiger partial charge in [-0.15, -0.1) is 10.2 Å². The average molecular weight is 564 g/mol. The van der Waals surface area contributed by atoms with E-state index < -0.39 is 6.04 Å². The second-order valence-electron chi connectivity index (χ2n) is 10.9. The first-order chi connectivity index (χ1) is 20.6. The SMILES string of the molecule is NC[C@H]1CC[C@H](C(=O)N[C@@H](Cc2ccc(-c3cccc4[nH]ncc34)cc2)C(=O)Nc2ccc(-c3nn[nH]n3)cc2)CC1.